The van der Waals surface area contributed by atoms with Crippen LogP contribution in [0.4, 0.5) is 18.9 Å². The molecule has 0 aliphatic carbocycles. The number of carbonyl (C=O) groups excluding carboxylic acids is 1. The number of hydrogen-bond donors (Lipinski definition) is 1. The Bertz CT molecular complexity index is 747. The van der Waals surface area contributed by atoms with Crippen molar-refractivity contribution in [3.05, 3.63) is 23.4 Å². The number of nitrogens with zero attached hydrogens (tertiary/aromatic N) is 2. The number of halogens is 3. The first-order chi connectivity index (χ1) is 10.8. The third-order valence-corrected chi connectivity index (χ3v) is 2.86. The van der Waals surface area contributed by atoms with Gasteiger partial charge in [-0.15, -0.1) is 0 Å². The number of rotatable bonds is 4. The SMILES string of the molecule is CCOC(=O)c1nc2cc(N)c(C(F)(F)F)cc2nc1OCC. The summed E-state index contributed by atoms with van der Waals surface area (Å²) < 4.78 is 48.7. The molecule has 1 aromatic carbocycles. The number of alkyl halides is 3. The van der Waals surface area contributed by atoms with E-state index >= 15 is 0 Å². The van der Waals surface area contributed by atoms with Crippen molar-refractivity contribution in [3.8, 4) is 5.88 Å². The van der Waals surface area contributed by atoms with Gasteiger partial charge < -0.3 is 15.2 Å². The molecule has 0 fully saturated rings. The highest BCUT2D eigenvalue weighted by Gasteiger charge is 2.34. The van der Waals surface area contributed by atoms with E-state index in [0.29, 0.717) is 0 Å². The number of fused-ring (bicyclic) bond motifs is 1. The van der Waals surface area contributed by atoms with Crippen molar-refractivity contribution in [2.45, 2.75) is 20.0 Å². The van der Waals surface area contributed by atoms with Crippen LogP contribution in [0.15, 0.2) is 12.1 Å². The Morgan fingerprint density at radius 2 is 1.83 bits per heavy atom. The summed E-state index contributed by atoms with van der Waals surface area (Å²) in [6.45, 7) is 3.53. The van der Waals surface area contributed by atoms with E-state index in [1.165, 1.54) is 0 Å². The lowest BCUT2D eigenvalue weighted by Crippen LogP contribution is -2.13. The van der Waals surface area contributed by atoms with Gasteiger partial charge in [0.25, 0.3) is 0 Å². The van der Waals surface area contributed by atoms with Crippen LogP contribution in [0.25, 0.3) is 11.0 Å². The molecule has 0 saturated heterocycles. The number of carbonyl (C=O) groups is 1. The Labute approximate surface area is 129 Å². The van der Waals surface area contributed by atoms with E-state index in [1.54, 1.807) is 13.8 Å². The number of hydrogen-bond acceptors (Lipinski definition) is 6. The second-order valence-corrected chi connectivity index (χ2v) is 4.46. The van der Waals surface area contributed by atoms with Crippen molar-refractivity contribution >= 4 is 22.7 Å². The third kappa shape index (κ3) is 3.43. The Morgan fingerprint density at radius 1 is 1.17 bits per heavy atom. The lowest BCUT2D eigenvalue weighted by Gasteiger charge is -2.13. The minimum atomic E-state index is -4.62. The molecule has 2 aromatic rings. The molecule has 0 radical (unpaired) electrons. The summed E-state index contributed by atoms with van der Waals surface area (Å²) in [6, 6.07) is 1.79. The van der Waals surface area contributed by atoms with E-state index in [9.17, 15) is 18.0 Å². The summed E-state index contributed by atoms with van der Waals surface area (Å²) in [5.41, 5.74) is 3.65. The summed E-state index contributed by atoms with van der Waals surface area (Å²) in [5.74, 6) is -0.958. The number of ether oxygens (including phenoxy) is 2. The van der Waals surface area contributed by atoms with Crippen LogP contribution in [0, 0.1) is 0 Å². The lowest BCUT2D eigenvalue weighted by molar-refractivity contribution is -0.136. The molecule has 23 heavy (non-hydrogen) atoms. The zero-order chi connectivity index (χ0) is 17.2. The molecular weight excluding hydrogens is 315 g/mol. The van der Waals surface area contributed by atoms with Gasteiger partial charge in [0, 0.05) is 5.69 Å². The van der Waals surface area contributed by atoms with Gasteiger partial charge in [-0.2, -0.15) is 13.2 Å². The fraction of sp³-hybridized carbons (Fsp3) is 0.357. The number of aromatic nitrogens is 2. The van der Waals surface area contributed by atoms with Gasteiger partial charge in [-0.1, -0.05) is 0 Å². The first-order valence-electron chi connectivity index (χ1n) is 6.76. The van der Waals surface area contributed by atoms with E-state index in [4.69, 9.17) is 15.2 Å². The van der Waals surface area contributed by atoms with Crippen LogP contribution >= 0.6 is 0 Å². The van der Waals surface area contributed by atoms with Crippen LogP contribution in [0.1, 0.15) is 29.9 Å². The average molecular weight is 329 g/mol. The van der Waals surface area contributed by atoms with Gasteiger partial charge in [0.2, 0.25) is 11.6 Å². The molecule has 0 aliphatic rings. The van der Waals surface area contributed by atoms with Gasteiger partial charge in [-0.3, -0.25) is 0 Å². The molecule has 0 atom stereocenters. The van der Waals surface area contributed by atoms with E-state index < -0.39 is 23.4 Å². The summed E-state index contributed by atoms with van der Waals surface area (Å²) in [5, 5.41) is 0. The van der Waals surface area contributed by atoms with Gasteiger partial charge in [0.15, 0.2) is 0 Å². The molecule has 2 N–H and O–H groups in total. The van der Waals surface area contributed by atoms with Gasteiger partial charge in [0.1, 0.15) is 0 Å². The maximum Gasteiger partial charge on any atom is 0.418 e. The molecule has 9 heteroatoms. The quantitative estimate of drug-likeness (QED) is 0.685. The highest BCUT2D eigenvalue weighted by Crippen LogP contribution is 2.36. The Kier molecular flexibility index (Phi) is 4.57. The molecule has 2 rings (SSSR count). The molecule has 1 heterocycles. The van der Waals surface area contributed by atoms with Gasteiger partial charge in [-0.05, 0) is 26.0 Å². The molecule has 0 unspecified atom stereocenters. The topological polar surface area (TPSA) is 87.3 Å². The number of anilines is 1. The third-order valence-electron chi connectivity index (χ3n) is 2.86. The van der Waals surface area contributed by atoms with Gasteiger partial charge >= 0.3 is 12.1 Å². The fourth-order valence-electron chi connectivity index (χ4n) is 1.92. The molecular formula is C14H14F3N3O3. The van der Waals surface area contributed by atoms with Crippen molar-refractivity contribution < 1.29 is 27.4 Å². The molecule has 0 saturated carbocycles. The van der Waals surface area contributed by atoms with Crippen LogP contribution in [0.3, 0.4) is 0 Å². The molecule has 0 spiro atoms. The Hall–Kier alpha value is -2.58. The minimum absolute atomic E-state index is 0.0435. The minimum Gasteiger partial charge on any atom is -0.476 e. The summed E-state index contributed by atoms with van der Waals surface area (Å²) in [4.78, 5) is 19.8. The zero-order valence-corrected chi connectivity index (χ0v) is 12.4. The van der Waals surface area contributed by atoms with Crippen LogP contribution in [0.2, 0.25) is 0 Å². The van der Waals surface area contributed by atoms with Crippen molar-refractivity contribution in [1.82, 2.24) is 9.97 Å². The normalized spacial score (nSPS) is 11.5. The first kappa shape index (κ1) is 16.8. The van der Waals surface area contributed by atoms with Gasteiger partial charge in [-0.25, -0.2) is 14.8 Å². The van der Waals surface area contributed by atoms with Crippen LogP contribution in [-0.4, -0.2) is 29.2 Å². The largest absolute Gasteiger partial charge is 0.476 e. The van der Waals surface area contributed by atoms with Crippen LogP contribution in [-0.2, 0) is 10.9 Å². The Morgan fingerprint density at radius 3 is 2.39 bits per heavy atom. The second kappa shape index (κ2) is 6.27. The maximum atomic E-state index is 12.9. The van der Waals surface area contributed by atoms with Crippen molar-refractivity contribution in [1.29, 1.82) is 0 Å². The molecule has 1 aromatic heterocycles. The number of nitrogen functional groups attached to an aromatic ring is 1. The van der Waals surface area contributed by atoms with E-state index in [1.807, 2.05) is 0 Å². The highest BCUT2D eigenvalue weighted by atomic mass is 19.4. The number of nitrogens with two attached hydrogens (primary N) is 1. The van der Waals surface area contributed by atoms with Crippen molar-refractivity contribution in [2.75, 3.05) is 18.9 Å². The van der Waals surface area contributed by atoms with E-state index in [0.717, 1.165) is 12.1 Å². The Balaban J connectivity index is 2.66. The fourth-order valence-corrected chi connectivity index (χ4v) is 1.92. The van der Waals surface area contributed by atoms with Crippen molar-refractivity contribution in [2.24, 2.45) is 0 Å². The molecule has 0 amide bonds. The van der Waals surface area contributed by atoms with Crippen molar-refractivity contribution in [3.63, 3.8) is 0 Å². The predicted molar refractivity (Wildman–Crippen MR) is 76.1 cm³/mol. The summed E-state index contributed by atoms with van der Waals surface area (Å²) in [7, 11) is 0. The average Bonchev–Trinajstić information content (AvgIpc) is 2.45. The van der Waals surface area contributed by atoms with Gasteiger partial charge in [0.05, 0.1) is 29.8 Å². The molecule has 0 bridgehead atoms. The second-order valence-electron chi connectivity index (χ2n) is 4.46. The number of esters is 1. The standard InChI is InChI=1S/C14H14F3N3O3/c1-3-22-12-11(13(21)23-4-2)19-10-6-8(18)7(14(15,16)17)5-9(10)20-12/h5-6H,3-4,18H2,1-2H3. The smallest absolute Gasteiger partial charge is 0.418 e. The highest BCUT2D eigenvalue weighted by molar-refractivity contribution is 5.93. The molecule has 124 valence electrons. The molecule has 6 nitrogen and oxygen atoms in total. The summed E-state index contributed by atoms with van der Waals surface area (Å²) in [6.07, 6.45) is -4.62. The van der Waals surface area contributed by atoms with Crippen LogP contribution in [0.5, 0.6) is 5.88 Å². The maximum absolute atomic E-state index is 12.9. The summed E-state index contributed by atoms with van der Waals surface area (Å²) >= 11 is 0. The number of benzene rings is 1. The van der Waals surface area contributed by atoms with E-state index in [-0.39, 0.29) is 35.8 Å². The van der Waals surface area contributed by atoms with Crippen LogP contribution < -0.4 is 10.5 Å². The predicted octanol–water partition coefficient (Wildman–Crippen LogP) is 2.81. The first-order valence-corrected chi connectivity index (χ1v) is 6.76. The zero-order valence-electron chi connectivity index (χ0n) is 12.4. The monoisotopic (exact) mass is 329 g/mol. The molecule has 0 aliphatic heterocycles. The van der Waals surface area contributed by atoms with E-state index in [2.05, 4.69) is 9.97 Å². The lowest BCUT2D eigenvalue weighted by atomic mass is 10.1.